The molecule has 0 radical (unpaired) electrons. The van der Waals surface area contributed by atoms with Crippen LogP contribution in [0.4, 0.5) is 5.82 Å². The molecule has 8 heteroatoms. The molecule has 2 aromatic carbocycles. The lowest BCUT2D eigenvalue weighted by Crippen LogP contribution is -2.15. The van der Waals surface area contributed by atoms with E-state index >= 15 is 0 Å². The van der Waals surface area contributed by atoms with E-state index in [1.165, 1.54) is 0 Å². The molecule has 0 saturated heterocycles. The van der Waals surface area contributed by atoms with E-state index in [2.05, 4.69) is 15.5 Å². The van der Waals surface area contributed by atoms with Gasteiger partial charge < -0.3 is 10.1 Å². The number of ether oxygens (including phenoxy) is 1. The van der Waals surface area contributed by atoms with Gasteiger partial charge in [0.05, 0.1) is 6.54 Å². The molecule has 0 fully saturated rings. The summed E-state index contributed by atoms with van der Waals surface area (Å²) in [6, 6.07) is 20.3. The van der Waals surface area contributed by atoms with Crippen LogP contribution in [0.1, 0.15) is 16.1 Å². The van der Waals surface area contributed by atoms with Crippen LogP contribution < -0.4 is 10.1 Å². The molecule has 1 amide bonds. The number of benzene rings is 2. The normalized spacial score (nSPS) is 10.7. The van der Waals surface area contributed by atoms with Crippen molar-refractivity contribution < 1.29 is 9.53 Å². The Labute approximate surface area is 172 Å². The van der Waals surface area contributed by atoms with E-state index in [-0.39, 0.29) is 18.3 Å². The summed E-state index contributed by atoms with van der Waals surface area (Å²) < 4.78 is 8.90. The molecule has 146 valence electrons. The van der Waals surface area contributed by atoms with Crippen molar-refractivity contribution in [2.45, 2.75) is 13.3 Å². The topological polar surface area (TPSA) is 74.0 Å². The fraction of sp³-hybridized carbons (Fsp3) is 0.0952. The standard InChI is InChI=1S/C21H18ClN5O2/c22-17-6-4-5-16(13-17)14-26-12-10-20(25-26)23-21(28)19-9-11-27(24-19)15-29-18-7-2-1-3-8-18/h1-13H,14-15H2,(H,23,25,28). The minimum Gasteiger partial charge on any atom is -0.471 e. The lowest BCUT2D eigenvalue weighted by Gasteiger charge is -2.05. The lowest BCUT2D eigenvalue weighted by molar-refractivity contribution is 0.101. The number of para-hydroxylation sites is 1. The molecule has 0 bridgehead atoms. The van der Waals surface area contributed by atoms with Crippen molar-refractivity contribution >= 4 is 23.3 Å². The van der Waals surface area contributed by atoms with Crippen molar-refractivity contribution in [2.75, 3.05) is 5.32 Å². The molecule has 0 aliphatic carbocycles. The number of aromatic nitrogens is 4. The van der Waals surface area contributed by atoms with Crippen LogP contribution in [0.2, 0.25) is 5.02 Å². The van der Waals surface area contributed by atoms with Crippen molar-refractivity contribution in [1.82, 2.24) is 19.6 Å². The van der Waals surface area contributed by atoms with E-state index in [9.17, 15) is 4.79 Å². The molecule has 0 atom stereocenters. The second-order valence-corrected chi connectivity index (χ2v) is 6.75. The first-order valence-corrected chi connectivity index (χ1v) is 9.34. The molecule has 4 rings (SSSR count). The molecule has 29 heavy (non-hydrogen) atoms. The number of halogens is 1. The van der Waals surface area contributed by atoms with E-state index in [0.717, 1.165) is 11.3 Å². The van der Waals surface area contributed by atoms with Crippen molar-refractivity contribution in [3.05, 3.63) is 95.4 Å². The predicted molar refractivity (Wildman–Crippen MR) is 110 cm³/mol. The average Bonchev–Trinajstić information content (AvgIpc) is 3.37. The van der Waals surface area contributed by atoms with E-state index in [0.29, 0.717) is 17.4 Å². The summed E-state index contributed by atoms with van der Waals surface area (Å²) in [7, 11) is 0. The van der Waals surface area contributed by atoms with E-state index in [1.807, 2.05) is 54.6 Å². The molecule has 2 heterocycles. The van der Waals surface area contributed by atoms with Crippen LogP contribution in [0.25, 0.3) is 0 Å². The van der Waals surface area contributed by atoms with Gasteiger partial charge in [-0.25, -0.2) is 4.68 Å². The zero-order valence-electron chi connectivity index (χ0n) is 15.4. The first-order chi connectivity index (χ1) is 14.2. The highest BCUT2D eigenvalue weighted by Gasteiger charge is 2.12. The fourth-order valence-corrected chi connectivity index (χ4v) is 2.94. The maximum Gasteiger partial charge on any atom is 0.277 e. The highest BCUT2D eigenvalue weighted by molar-refractivity contribution is 6.30. The predicted octanol–water partition coefficient (Wildman–Crippen LogP) is 4.07. The minimum absolute atomic E-state index is 0.214. The fourth-order valence-electron chi connectivity index (χ4n) is 2.73. The van der Waals surface area contributed by atoms with Crippen LogP contribution in [-0.4, -0.2) is 25.5 Å². The third-order valence-corrected chi connectivity index (χ3v) is 4.33. The van der Waals surface area contributed by atoms with Gasteiger partial charge in [0.1, 0.15) is 5.75 Å². The highest BCUT2D eigenvalue weighted by Crippen LogP contribution is 2.13. The molecule has 0 saturated carbocycles. The van der Waals surface area contributed by atoms with Gasteiger partial charge in [-0.15, -0.1) is 0 Å². The highest BCUT2D eigenvalue weighted by atomic mass is 35.5. The second kappa shape index (κ2) is 8.62. The lowest BCUT2D eigenvalue weighted by atomic mass is 10.2. The van der Waals surface area contributed by atoms with Gasteiger partial charge in [0.15, 0.2) is 18.2 Å². The Hall–Kier alpha value is -3.58. The largest absolute Gasteiger partial charge is 0.471 e. The maximum absolute atomic E-state index is 12.4. The molecule has 0 unspecified atom stereocenters. The van der Waals surface area contributed by atoms with E-state index < -0.39 is 0 Å². The summed E-state index contributed by atoms with van der Waals surface area (Å²) in [5.74, 6) is 0.850. The number of hydrogen-bond donors (Lipinski definition) is 1. The summed E-state index contributed by atoms with van der Waals surface area (Å²) in [6.07, 6.45) is 3.48. The summed E-state index contributed by atoms with van der Waals surface area (Å²) in [4.78, 5) is 12.4. The molecular formula is C21H18ClN5O2. The summed E-state index contributed by atoms with van der Waals surface area (Å²) in [5.41, 5.74) is 1.31. The van der Waals surface area contributed by atoms with Gasteiger partial charge in [-0.1, -0.05) is 41.9 Å². The van der Waals surface area contributed by atoms with Crippen molar-refractivity contribution in [3.63, 3.8) is 0 Å². The van der Waals surface area contributed by atoms with Gasteiger partial charge >= 0.3 is 0 Å². The van der Waals surface area contributed by atoms with Crippen molar-refractivity contribution in [1.29, 1.82) is 0 Å². The SMILES string of the molecule is O=C(Nc1ccn(Cc2cccc(Cl)c2)n1)c1ccn(COc2ccccc2)n1. The third-order valence-electron chi connectivity index (χ3n) is 4.10. The summed E-state index contributed by atoms with van der Waals surface area (Å²) in [5, 5.41) is 12.0. The number of carbonyl (C=O) groups is 1. The Morgan fingerprint density at radius 3 is 2.62 bits per heavy atom. The molecular weight excluding hydrogens is 390 g/mol. The smallest absolute Gasteiger partial charge is 0.277 e. The van der Waals surface area contributed by atoms with Crippen molar-refractivity contribution in [3.8, 4) is 5.75 Å². The first-order valence-electron chi connectivity index (χ1n) is 8.96. The molecule has 4 aromatic rings. The molecule has 7 nitrogen and oxygen atoms in total. The van der Waals surface area contributed by atoms with Gasteiger partial charge in [0.25, 0.3) is 5.91 Å². The maximum atomic E-state index is 12.4. The average molecular weight is 408 g/mol. The van der Waals surface area contributed by atoms with Crippen LogP contribution in [-0.2, 0) is 13.3 Å². The first kappa shape index (κ1) is 18.8. The zero-order chi connectivity index (χ0) is 20.1. The molecule has 0 aliphatic heterocycles. The van der Waals surface area contributed by atoms with Crippen LogP contribution in [0, 0.1) is 0 Å². The van der Waals surface area contributed by atoms with Crippen LogP contribution >= 0.6 is 11.6 Å². The Kier molecular flexibility index (Phi) is 5.58. The third kappa shape index (κ3) is 5.03. The number of rotatable bonds is 7. The minimum atomic E-state index is -0.337. The van der Waals surface area contributed by atoms with Crippen LogP contribution in [0.15, 0.2) is 79.1 Å². The Morgan fingerprint density at radius 1 is 0.966 bits per heavy atom. The van der Waals surface area contributed by atoms with Crippen molar-refractivity contribution in [2.24, 2.45) is 0 Å². The summed E-state index contributed by atoms with van der Waals surface area (Å²) >= 11 is 6.01. The van der Waals surface area contributed by atoms with E-state index in [1.54, 1.807) is 33.9 Å². The molecule has 1 N–H and O–H groups in total. The van der Waals surface area contributed by atoms with Crippen LogP contribution in [0.5, 0.6) is 5.75 Å². The van der Waals surface area contributed by atoms with Crippen LogP contribution in [0.3, 0.4) is 0 Å². The number of nitrogens with zero attached hydrogens (tertiary/aromatic N) is 4. The number of carbonyl (C=O) groups excluding carboxylic acids is 1. The van der Waals surface area contributed by atoms with Gasteiger partial charge in [-0.2, -0.15) is 10.2 Å². The zero-order valence-corrected chi connectivity index (χ0v) is 16.2. The number of anilines is 1. The van der Waals surface area contributed by atoms with Gasteiger partial charge in [0, 0.05) is 23.5 Å². The molecule has 0 aliphatic rings. The molecule has 0 spiro atoms. The van der Waals surface area contributed by atoms with Gasteiger partial charge in [-0.05, 0) is 35.9 Å². The summed E-state index contributed by atoms with van der Waals surface area (Å²) in [6.45, 7) is 0.771. The Morgan fingerprint density at radius 2 is 1.79 bits per heavy atom. The molecule has 2 aromatic heterocycles. The van der Waals surface area contributed by atoms with Gasteiger partial charge in [0.2, 0.25) is 0 Å². The number of amides is 1. The monoisotopic (exact) mass is 407 g/mol. The van der Waals surface area contributed by atoms with Gasteiger partial charge in [-0.3, -0.25) is 9.48 Å². The van der Waals surface area contributed by atoms with E-state index in [4.69, 9.17) is 16.3 Å². The number of nitrogens with one attached hydrogen (secondary N) is 1. The Bertz CT molecular complexity index is 1110. The second-order valence-electron chi connectivity index (χ2n) is 6.31. The quantitative estimate of drug-likeness (QED) is 0.501. The Balaban J connectivity index is 1.34. The number of hydrogen-bond acceptors (Lipinski definition) is 4.